The highest BCUT2D eigenvalue weighted by molar-refractivity contribution is 7.99. The van der Waals surface area contributed by atoms with Crippen molar-refractivity contribution in [3.63, 3.8) is 0 Å². The van der Waals surface area contributed by atoms with Gasteiger partial charge >= 0.3 is 6.18 Å². The quantitative estimate of drug-likeness (QED) is 0.284. The Morgan fingerprint density at radius 1 is 1.12 bits per heavy atom. The zero-order valence-corrected chi connectivity index (χ0v) is 19.2. The summed E-state index contributed by atoms with van der Waals surface area (Å²) in [6.45, 7) is 3.89. The van der Waals surface area contributed by atoms with Crippen LogP contribution < -0.4 is 10.9 Å². The van der Waals surface area contributed by atoms with E-state index in [4.69, 9.17) is 0 Å². The summed E-state index contributed by atoms with van der Waals surface area (Å²) in [7, 11) is 0. The molecule has 0 aliphatic heterocycles. The van der Waals surface area contributed by atoms with Gasteiger partial charge in [0.15, 0.2) is 5.16 Å². The average molecular weight is 490 g/mol. The number of hydrogen-bond donors (Lipinski definition) is 1. The van der Waals surface area contributed by atoms with Crippen molar-refractivity contribution < 1.29 is 18.0 Å². The van der Waals surface area contributed by atoms with Gasteiger partial charge in [-0.3, -0.25) is 14.2 Å². The number of nitrogens with zero attached hydrogens (tertiary/aromatic N) is 2. The van der Waals surface area contributed by atoms with Gasteiger partial charge in [-0.1, -0.05) is 30.0 Å². The van der Waals surface area contributed by atoms with Crippen LogP contribution in [-0.4, -0.2) is 21.2 Å². The fourth-order valence-corrected chi connectivity index (χ4v) is 4.81. The Hall–Kier alpha value is -3.11. The molecule has 5 nitrogen and oxygen atoms in total. The summed E-state index contributed by atoms with van der Waals surface area (Å²) in [5, 5.41) is 4.37. The Balaban J connectivity index is 1.65. The first-order valence-electron chi connectivity index (χ1n) is 9.82. The molecule has 0 aliphatic carbocycles. The topological polar surface area (TPSA) is 64.0 Å². The molecule has 1 N–H and O–H groups in total. The lowest BCUT2D eigenvalue weighted by Gasteiger charge is -2.15. The van der Waals surface area contributed by atoms with E-state index in [1.54, 1.807) is 17.5 Å². The number of carbonyl (C=O) groups excluding carboxylic acids is 1. The molecule has 0 unspecified atom stereocenters. The highest BCUT2D eigenvalue weighted by Crippen LogP contribution is 2.34. The molecule has 0 saturated heterocycles. The molecule has 2 heterocycles. The lowest BCUT2D eigenvalue weighted by Crippen LogP contribution is -2.22. The van der Waals surface area contributed by atoms with Crippen LogP contribution in [0.2, 0.25) is 0 Å². The highest BCUT2D eigenvalue weighted by Gasteiger charge is 2.33. The minimum Gasteiger partial charge on any atom is -0.325 e. The summed E-state index contributed by atoms with van der Waals surface area (Å²) in [6, 6.07) is 12.1. The third-order valence-electron chi connectivity index (χ3n) is 5.04. The molecular formula is C23H18F3N3O2S2. The van der Waals surface area contributed by atoms with Crippen molar-refractivity contribution in [2.45, 2.75) is 25.2 Å². The van der Waals surface area contributed by atoms with E-state index < -0.39 is 17.6 Å². The number of hydrogen-bond acceptors (Lipinski definition) is 5. The molecule has 0 saturated carbocycles. The molecule has 170 valence electrons. The summed E-state index contributed by atoms with van der Waals surface area (Å²) < 4.78 is 41.6. The Morgan fingerprint density at radius 3 is 2.61 bits per heavy atom. The van der Waals surface area contributed by atoms with E-state index in [1.165, 1.54) is 34.1 Å². The molecule has 10 heteroatoms. The van der Waals surface area contributed by atoms with Gasteiger partial charge in [-0.15, -0.1) is 11.3 Å². The third kappa shape index (κ3) is 4.81. The maximum atomic E-state index is 13.2. The number of thioether (sulfide) groups is 1. The van der Waals surface area contributed by atoms with E-state index >= 15 is 0 Å². The molecule has 0 radical (unpaired) electrons. The van der Waals surface area contributed by atoms with Crippen LogP contribution in [0.4, 0.5) is 18.9 Å². The van der Waals surface area contributed by atoms with Gasteiger partial charge in [-0.05, 0) is 60.7 Å². The summed E-state index contributed by atoms with van der Waals surface area (Å²) in [4.78, 5) is 30.2. The molecule has 4 rings (SSSR count). The van der Waals surface area contributed by atoms with Gasteiger partial charge in [-0.25, -0.2) is 4.98 Å². The Morgan fingerprint density at radius 2 is 1.88 bits per heavy atom. The standard InChI is InChI=1S/C23H18F3N3O2S2/c1-13-7-8-15(11-14(13)2)29-21(31)20-18(9-10-32-20)28-22(29)33-12-19(30)27-17-6-4-3-5-16(17)23(24,25)26/h3-11H,12H2,1-2H3,(H,27,30). The van der Waals surface area contributed by atoms with Gasteiger partial charge in [0, 0.05) is 0 Å². The van der Waals surface area contributed by atoms with Gasteiger partial charge in [-0.2, -0.15) is 13.2 Å². The van der Waals surface area contributed by atoms with Gasteiger partial charge in [0.2, 0.25) is 5.91 Å². The predicted octanol–water partition coefficient (Wildman–Crippen LogP) is 5.81. The molecule has 0 aliphatic rings. The molecule has 4 aromatic rings. The van der Waals surface area contributed by atoms with Crippen molar-refractivity contribution in [1.82, 2.24) is 9.55 Å². The minimum absolute atomic E-state index is 0.223. The van der Waals surface area contributed by atoms with Gasteiger partial charge in [0.25, 0.3) is 5.56 Å². The lowest BCUT2D eigenvalue weighted by molar-refractivity contribution is -0.137. The second-order valence-electron chi connectivity index (χ2n) is 7.32. The van der Waals surface area contributed by atoms with Crippen LogP contribution in [0.25, 0.3) is 15.9 Å². The highest BCUT2D eigenvalue weighted by atomic mass is 32.2. The summed E-state index contributed by atoms with van der Waals surface area (Å²) >= 11 is 2.27. The van der Waals surface area contributed by atoms with Crippen LogP contribution in [0.3, 0.4) is 0 Å². The van der Waals surface area contributed by atoms with Crippen molar-refractivity contribution >= 4 is 44.9 Å². The van der Waals surface area contributed by atoms with Crippen molar-refractivity contribution in [2.75, 3.05) is 11.1 Å². The van der Waals surface area contributed by atoms with E-state index in [-0.39, 0.29) is 22.2 Å². The van der Waals surface area contributed by atoms with Crippen LogP contribution >= 0.6 is 23.1 Å². The van der Waals surface area contributed by atoms with Gasteiger partial charge < -0.3 is 5.32 Å². The van der Waals surface area contributed by atoms with E-state index in [2.05, 4.69) is 10.3 Å². The summed E-state index contributed by atoms with van der Waals surface area (Å²) in [6.07, 6.45) is -4.59. The molecular weight excluding hydrogens is 471 g/mol. The molecule has 1 amide bonds. The largest absolute Gasteiger partial charge is 0.418 e. The number of aryl methyl sites for hydroxylation is 2. The van der Waals surface area contributed by atoms with Crippen LogP contribution in [0, 0.1) is 13.8 Å². The number of nitrogens with one attached hydrogen (secondary N) is 1. The van der Waals surface area contributed by atoms with Crippen molar-refractivity contribution in [2.24, 2.45) is 0 Å². The van der Waals surface area contributed by atoms with Crippen molar-refractivity contribution in [1.29, 1.82) is 0 Å². The number of anilines is 1. The van der Waals surface area contributed by atoms with Gasteiger partial charge in [0.05, 0.1) is 28.2 Å². The number of fused-ring (bicyclic) bond motifs is 1. The number of halogens is 3. The number of para-hydroxylation sites is 1. The van der Waals surface area contributed by atoms with E-state index in [1.807, 2.05) is 26.0 Å². The first kappa shape index (κ1) is 23.1. The fourth-order valence-electron chi connectivity index (χ4n) is 3.24. The average Bonchev–Trinajstić information content (AvgIpc) is 3.23. The number of carbonyl (C=O) groups is 1. The fraction of sp³-hybridized carbons (Fsp3) is 0.174. The Kier molecular flexibility index (Phi) is 6.31. The molecule has 2 aromatic carbocycles. The number of rotatable bonds is 5. The molecule has 0 fully saturated rings. The molecule has 0 spiro atoms. The third-order valence-corrected chi connectivity index (χ3v) is 6.87. The molecule has 33 heavy (non-hydrogen) atoms. The monoisotopic (exact) mass is 489 g/mol. The Labute approximate surface area is 195 Å². The van der Waals surface area contributed by atoms with E-state index in [0.29, 0.717) is 15.9 Å². The molecule has 0 bridgehead atoms. The summed E-state index contributed by atoms with van der Waals surface area (Å²) in [5.41, 5.74) is 1.67. The van der Waals surface area contributed by atoms with Crippen LogP contribution in [0.1, 0.15) is 16.7 Å². The minimum atomic E-state index is -4.59. The molecule has 0 atom stereocenters. The van der Waals surface area contributed by atoms with E-state index in [0.717, 1.165) is 29.0 Å². The number of aromatic nitrogens is 2. The molecule has 2 aromatic heterocycles. The van der Waals surface area contributed by atoms with Crippen LogP contribution in [0.15, 0.2) is 63.9 Å². The van der Waals surface area contributed by atoms with Crippen LogP contribution in [-0.2, 0) is 11.0 Å². The SMILES string of the molecule is Cc1ccc(-n2c(SCC(=O)Nc3ccccc3C(F)(F)F)nc3ccsc3c2=O)cc1C. The zero-order chi connectivity index (χ0) is 23.8. The predicted molar refractivity (Wildman–Crippen MR) is 125 cm³/mol. The second kappa shape index (κ2) is 9.03. The maximum Gasteiger partial charge on any atom is 0.418 e. The van der Waals surface area contributed by atoms with E-state index in [9.17, 15) is 22.8 Å². The lowest BCUT2D eigenvalue weighted by atomic mass is 10.1. The van der Waals surface area contributed by atoms with Gasteiger partial charge in [0.1, 0.15) is 4.70 Å². The Bertz CT molecular complexity index is 1410. The maximum absolute atomic E-state index is 13.2. The second-order valence-corrected chi connectivity index (χ2v) is 9.18. The normalized spacial score (nSPS) is 11.7. The number of alkyl halides is 3. The first-order valence-corrected chi connectivity index (χ1v) is 11.7. The zero-order valence-electron chi connectivity index (χ0n) is 17.6. The first-order chi connectivity index (χ1) is 15.6. The smallest absolute Gasteiger partial charge is 0.325 e. The van der Waals surface area contributed by atoms with Crippen molar-refractivity contribution in [3.8, 4) is 5.69 Å². The van der Waals surface area contributed by atoms with Crippen molar-refractivity contribution in [3.05, 3.63) is 81.0 Å². The number of thiophene rings is 1. The van der Waals surface area contributed by atoms with Crippen LogP contribution in [0.5, 0.6) is 0 Å². The summed E-state index contributed by atoms with van der Waals surface area (Å²) in [5.74, 6) is -0.859. The number of amides is 1. The number of benzene rings is 2.